The third kappa shape index (κ3) is 17.4. The largest absolute Gasteiger partial charge is 0.484 e. The molecule has 146 heavy (non-hydrogen) atoms. The molecular formula is C138H98N4O2S2. The molecule has 0 aliphatic carbocycles. The van der Waals surface area contributed by atoms with Gasteiger partial charge >= 0.3 is 0 Å². The summed E-state index contributed by atoms with van der Waals surface area (Å²) in [6.45, 7) is 4.28. The molecule has 0 spiro atoms. The molecule has 2 unspecified atom stereocenters. The second-order valence-corrected chi connectivity index (χ2v) is 39.5. The summed E-state index contributed by atoms with van der Waals surface area (Å²) in [5.74, 6) is 1.90. The Kier molecular flexibility index (Phi) is 24.1. The number of hydrogen-bond donors (Lipinski definition) is 0. The predicted molar refractivity (Wildman–Crippen MR) is 618 cm³/mol. The van der Waals surface area contributed by atoms with Crippen molar-refractivity contribution in [1.29, 1.82) is 0 Å². The highest BCUT2D eigenvalue weighted by atomic mass is 32.1. The fourth-order valence-electron chi connectivity index (χ4n) is 21.1. The van der Waals surface area contributed by atoms with Crippen LogP contribution in [0.25, 0.3) is 141 Å². The number of rotatable bonds is 22. The highest BCUT2D eigenvalue weighted by Crippen LogP contribution is 2.55. The van der Waals surface area contributed by atoms with Crippen LogP contribution in [0.4, 0.5) is 68.2 Å². The van der Waals surface area contributed by atoms with Crippen molar-refractivity contribution in [3.63, 3.8) is 0 Å². The summed E-state index contributed by atoms with van der Waals surface area (Å²) < 4.78 is 19.2. The zero-order valence-electron chi connectivity index (χ0n) is 80.5. The molecule has 1 aliphatic rings. The van der Waals surface area contributed by atoms with Gasteiger partial charge in [-0.2, -0.15) is 0 Å². The van der Waals surface area contributed by atoms with E-state index in [4.69, 9.17) is 9.15 Å². The maximum atomic E-state index is 7.01. The number of thiophene rings is 2. The highest BCUT2D eigenvalue weighted by molar-refractivity contribution is 7.26. The number of benzene rings is 22. The van der Waals surface area contributed by atoms with Gasteiger partial charge in [0.25, 0.3) is 0 Å². The molecule has 3 aromatic heterocycles. The van der Waals surface area contributed by atoms with Gasteiger partial charge in [0.2, 0.25) is 0 Å². The third-order valence-corrected chi connectivity index (χ3v) is 30.8. The van der Waals surface area contributed by atoms with E-state index in [0.29, 0.717) is 0 Å². The normalized spacial score (nSPS) is 12.6. The van der Waals surface area contributed by atoms with Crippen molar-refractivity contribution in [1.82, 2.24) is 0 Å². The van der Waals surface area contributed by atoms with Gasteiger partial charge in [-0.15, -0.1) is 22.7 Å². The van der Waals surface area contributed by atoms with Crippen molar-refractivity contribution in [2.45, 2.75) is 25.9 Å². The molecular weight excluding hydrogens is 1810 g/mol. The first-order chi connectivity index (χ1) is 72.2. The Morgan fingerprint density at radius 3 is 0.856 bits per heavy atom. The molecule has 0 saturated heterocycles. The lowest BCUT2D eigenvalue weighted by molar-refractivity contribution is 0.223. The molecule has 22 aromatic carbocycles. The predicted octanol–water partition coefficient (Wildman–Crippen LogP) is 40.0. The molecule has 0 saturated carbocycles. The Balaban J connectivity index is 0.000000155. The van der Waals surface area contributed by atoms with Crippen LogP contribution in [0, 0.1) is 13.8 Å². The number of nitrogens with zero attached hydrogens (tertiary/aromatic N) is 4. The van der Waals surface area contributed by atoms with Crippen LogP contribution >= 0.6 is 22.7 Å². The zero-order valence-corrected chi connectivity index (χ0v) is 82.2. The summed E-state index contributed by atoms with van der Waals surface area (Å²) in [7, 11) is 0. The van der Waals surface area contributed by atoms with Crippen molar-refractivity contribution in [2.24, 2.45) is 0 Å². The summed E-state index contributed by atoms with van der Waals surface area (Å²) in [6.07, 6.45) is -0.127. The van der Waals surface area contributed by atoms with E-state index >= 15 is 0 Å². The minimum Gasteiger partial charge on any atom is -0.484 e. The van der Waals surface area contributed by atoms with E-state index in [-0.39, 0.29) is 12.0 Å². The van der Waals surface area contributed by atoms with Crippen LogP contribution in [-0.4, -0.2) is 0 Å². The SMILES string of the molecule is Cc1ccc(N(c2ccc(-c3ccc(N(c4ccc(C)cc4)c4ccc(-c5cccc6c5sc5ccccc56)cc4)cc3)cc2)c2ccc(-c3cccc4c3sc3ccccc34)cc2)cc1.c1ccc(-c2oc3c(-c4ccc(N(c5ccccc5)c5ccc(-c6ccc(N(c7ccccc7)c7ccc(-c8cccc9c8OC(c8ccccc8)C9c8ccccc8)cc7)cc6)cc5)cc4)cccc3c2-c2ccccc2)cc1. The molecule has 25 aromatic rings. The topological polar surface area (TPSA) is 35.3 Å². The van der Waals surface area contributed by atoms with E-state index < -0.39 is 0 Å². The van der Waals surface area contributed by atoms with Crippen LogP contribution in [0.15, 0.2) is 550 Å². The molecule has 2 atom stereocenters. The lowest BCUT2D eigenvalue weighted by Crippen LogP contribution is -2.11. The summed E-state index contributed by atoms with van der Waals surface area (Å²) in [5.41, 5.74) is 37.3. The van der Waals surface area contributed by atoms with Gasteiger partial charge in [-0.1, -0.05) is 399 Å². The van der Waals surface area contributed by atoms with Crippen molar-refractivity contribution in [2.75, 3.05) is 19.6 Å². The van der Waals surface area contributed by atoms with Gasteiger partial charge in [0.15, 0.2) is 0 Å². The Hall–Kier alpha value is -18.2. The summed E-state index contributed by atoms with van der Waals surface area (Å²) in [6, 6.07) is 197. The van der Waals surface area contributed by atoms with Gasteiger partial charge < -0.3 is 28.8 Å². The van der Waals surface area contributed by atoms with Crippen LogP contribution in [0.1, 0.15) is 39.8 Å². The molecule has 0 amide bonds. The first-order valence-electron chi connectivity index (χ1n) is 49.9. The first kappa shape index (κ1) is 89.2. The molecule has 8 heteroatoms. The van der Waals surface area contributed by atoms with Crippen LogP contribution < -0.4 is 24.3 Å². The molecule has 0 radical (unpaired) electrons. The molecule has 0 bridgehead atoms. The maximum absolute atomic E-state index is 7.01. The monoisotopic (exact) mass is 1910 g/mol. The second kappa shape index (κ2) is 39.4. The van der Waals surface area contributed by atoms with Crippen LogP contribution in [0.2, 0.25) is 0 Å². The van der Waals surface area contributed by atoms with E-state index in [1.54, 1.807) is 0 Å². The van der Waals surface area contributed by atoms with Crippen molar-refractivity contribution >= 4 is 142 Å². The summed E-state index contributed by atoms with van der Waals surface area (Å²) in [5, 5.41) is 6.38. The number of fused-ring (bicyclic) bond motifs is 8. The Bertz CT molecular complexity index is 8690. The van der Waals surface area contributed by atoms with Gasteiger partial charge in [-0.3, -0.25) is 0 Å². The number of anilines is 12. The minimum atomic E-state index is -0.127. The zero-order chi connectivity index (χ0) is 97.3. The van der Waals surface area contributed by atoms with Gasteiger partial charge in [0.1, 0.15) is 23.2 Å². The number of ether oxygens (including phenoxy) is 1. The van der Waals surface area contributed by atoms with Gasteiger partial charge in [-0.25, -0.2) is 0 Å². The number of hydrogen-bond acceptors (Lipinski definition) is 8. The molecule has 4 heterocycles. The summed E-state index contributed by atoms with van der Waals surface area (Å²) in [4.78, 5) is 9.34. The number of aryl methyl sites for hydroxylation is 2. The van der Waals surface area contributed by atoms with Crippen molar-refractivity contribution in [3.8, 4) is 95.0 Å². The first-order valence-corrected chi connectivity index (χ1v) is 51.5. The second-order valence-electron chi connectivity index (χ2n) is 37.4. The quantitative estimate of drug-likeness (QED) is 0.0673. The smallest absolute Gasteiger partial charge is 0.143 e. The van der Waals surface area contributed by atoms with Gasteiger partial charge in [-0.05, 0) is 244 Å². The number of para-hydroxylation sites is 4. The highest BCUT2D eigenvalue weighted by Gasteiger charge is 2.39. The maximum Gasteiger partial charge on any atom is 0.143 e. The van der Waals surface area contributed by atoms with Crippen LogP contribution in [0.5, 0.6) is 5.75 Å². The van der Waals surface area contributed by atoms with E-state index in [9.17, 15) is 0 Å². The third-order valence-electron chi connectivity index (χ3n) is 28.4. The fourth-order valence-corrected chi connectivity index (χ4v) is 23.6. The van der Waals surface area contributed by atoms with E-state index in [0.717, 1.165) is 141 Å². The molecule has 694 valence electrons. The van der Waals surface area contributed by atoms with Crippen molar-refractivity contribution in [3.05, 3.63) is 574 Å². The number of furan rings is 1. The van der Waals surface area contributed by atoms with Gasteiger partial charge in [0.05, 0.1) is 5.92 Å². The fraction of sp³-hybridized carbons (Fsp3) is 0.0290. The molecule has 6 nitrogen and oxygen atoms in total. The average molecular weight is 1910 g/mol. The molecule has 26 rings (SSSR count). The Labute approximate surface area is 859 Å². The van der Waals surface area contributed by atoms with Gasteiger partial charge in [0, 0.05) is 142 Å². The lowest BCUT2D eigenvalue weighted by atomic mass is 9.84. The molecule has 0 fully saturated rings. The average Bonchev–Trinajstić information content (AvgIpc) is 1.60. The standard InChI is InChI=1S/C76H54N2O2.C62H44N2S2/c1-7-21-57(22-8-1)71-69-35-19-33-67(75(69)79-73(71)59-25-11-3-12-26-59)55-41-49-65(50-42-55)77(61-29-15-5-16-30-61)63-45-37-53(38-46-63)54-39-47-64(48-40-54)78(62-31-17-6-18-32-62)66-51-43-56(44-52-66)68-34-20-36-70-72(58-23-9-2-10-24-58)74(80-76(68)70)60-27-13-4-14-28-60;1-41-17-29-47(30-18-41)63(51-37-25-45(26-38-51)53-11-7-13-57-55-9-3-5-15-59(55)65-61(53)57)49-33-21-43(22-34-49)44-23-35-50(36-24-44)64(48-31-19-42(2)20-32-48)52-39-27-46(28-40-52)54-12-8-14-58-56-10-4-6-16-60(56)66-62(54)58/h1-52,71,73H;3-40H,1-2H3. The minimum absolute atomic E-state index is 0.0801. The Morgan fingerprint density at radius 2 is 0.473 bits per heavy atom. The van der Waals surface area contributed by atoms with Crippen LogP contribution in [-0.2, 0) is 0 Å². The summed E-state index contributed by atoms with van der Waals surface area (Å²) >= 11 is 3.75. The molecule has 0 N–H and O–H groups in total. The van der Waals surface area contributed by atoms with Crippen LogP contribution in [0.3, 0.4) is 0 Å². The van der Waals surface area contributed by atoms with E-state index in [1.807, 2.05) is 28.7 Å². The van der Waals surface area contributed by atoms with E-state index in [2.05, 4.69) is 573 Å². The Morgan fingerprint density at radius 1 is 0.199 bits per heavy atom. The van der Waals surface area contributed by atoms with E-state index in [1.165, 1.54) is 102 Å². The lowest BCUT2D eigenvalue weighted by Gasteiger charge is -2.26. The van der Waals surface area contributed by atoms with Crippen molar-refractivity contribution < 1.29 is 9.15 Å². The molecule has 1 aliphatic heterocycles.